The minimum atomic E-state index is -0.520. The molecule has 1 aliphatic heterocycles. The van der Waals surface area contributed by atoms with E-state index in [4.69, 9.17) is 4.74 Å². The van der Waals surface area contributed by atoms with Crippen LogP contribution in [0.4, 0.5) is 22.7 Å². The van der Waals surface area contributed by atoms with E-state index in [2.05, 4.69) is 31.4 Å². The quantitative estimate of drug-likeness (QED) is 0.352. The summed E-state index contributed by atoms with van der Waals surface area (Å²) < 4.78 is 5.38. The molecule has 9 nitrogen and oxygen atoms in total. The van der Waals surface area contributed by atoms with Crippen molar-refractivity contribution in [3.05, 3.63) is 93.5 Å². The zero-order chi connectivity index (χ0) is 26.6. The minimum absolute atomic E-state index is 0.00288. The van der Waals surface area contributed by atoms with Crippen molar-refractivity contribution >= 4 is 34.6 Å². The molecule has 0 aliphatic carbocycles. The molecule has 1 fully saturated rings. The van der Waals surface area contributed by atoms with Gasteiger partial charge in [-0.2, -0.15) is 0 Å². The van der Waals surface area contributed by atoms with Gasteiger partial charge in [0.2, 0.25) is 0 Å². The largest absolute Gasteiger partial charge is 0.378 e. The number of hydrogen-bond donors (Lipinski definition) is 2. The molecule has 1 heterocycles. The maximum atomic E-state index is 13.1. The van der Waals surface area contributed by atoms with Crippen LogP contribution in [0.2, 0.25) is 0 Å². The molecule has 37 heavy (non-hydrogen) atoms. The first-order chi connectivity index (χ1) is 17.6. The van der Waals surface area contributed by atoms with Crippen LogP contribution in [-0.4, -0.2) is 43.0 Å². The van der Waals surface area contributed by atoms with Gasteiger partial charge in [0.1, 0.15) is 0 Å². The lowest BCUT2D eigenvalue weighted by Gasteiger charge is -2.30. The summed E-state index contributed by atoms with van der Waals surface area (Å²) in [6, 6.07) is 18.5. The highest BCUT2D eigenvalue weighted by molar-refractivity contribution is 6.09. The van der Waals surface area contributed by atoms with E-state index in [-0.39, 0.29) is 22.6 Å². The van der Waals surface area contributed by atoms with E-state index in [9.17, 15) is 19.7 Å². The lowest BCUT2D eigenvalue weighted by Crippen LogP contribution is -2.37. The van der Waals surface area contributed by atoms with Gasteiger partial charge in [-0.15, -0.1) is 0 Å². The second-order valence-electron chi connectivity index (χ2n) is 9.87. The van der Waals surface area contributed by atoms with Gasteiger partial charge in [-0.3, -0.25) is 19.7 Å². The average Bonchev–Trinajstić information content (AvgIpc) is 2.89. The number of hydrogen-bond acceptors (Lipinski definition) is 6. The van der Waals surface area contributed by atoms with Gasteiger partial charge in [0.05, 0.1) is 29.4 Å². The topological polar surface area (TPSA) is 114 Å². The normalized spacial score (nSPS) is 13.6. The zero-order valence-corrected chi connectivity index (χ0v) is 21.1. The van der Waals surface area contributed by atoms with Crippen LogP contribution >= 0.6 is 0 Å². The highest BCUT2D eigenvalue weighted by Gasteiger charge is 2.22. The van der Waals surface area contributed by atoms with Gasteiger partial charge in [0.25, 0.3) is 17.5 Å². The zero-order valence-electron chi connectivity index (χ0n) is 21.1. The van der Waals surface area contributed by atoms with Crippen molar-refractivity contribution in [3.8, 4) is 0 Å². The Labute approximate surface area is 215 Å². The second kappa shape index (κ2) is 10.8. The average molecular weight is 503 g/mol. The van der Waals surface area contributed by atoms with E-state index >= 15 is 0 Å². The smallest absolute Gasteiger partial charge is 0.270 e. The SMILES string of the molecule is CC(C)(C)c1ccc(C(=O)Nc2ccc(NC(=O)c3cc([N+](=O)[O-])ccc3N3CCOCC3)cc2)cc1. The van der Waals surface area contributed by atoms with E-state index in [0.717, 1.165) is 5.56 Å². The molecule has 2 N–H and O–H groups in total. The fraction of sp³-hybridized carbons (Fsp3) is 0.286. The number of nitrogens with zero attached hydrogens (tertiary/aromatic N) is 2. The number of non-ortho nitro benzene ring substituents is 1. The van der Waals surface area contributed by atoms with Gasteiger partial charge >= 0.3 is 0 Å². The van der Waals surface area contributed by atoms with Crippen LogP contribution in [0.3, 0.4) is 0 Å². The summed E-state index contributed by atoms with van der Waals surface area (Å²) >= 11 is 0. The number of benzene rings is 3. The molecule has 0 aromatic heterocycles. The van der Waals surface area contributed by atoms with Crippen molar-refractivity contribution in [3.63, 3.8) is 0 Å². The molecule has 192 valence electrons. The molecular formula is C28H30N4O5. The summed E-state index contributed by atoms with van der Waals surface area (Å²) in [6.07, 6.45) is 0. The van der Waals surface area contributed by atoms with Gasteiger partial charge in [-0.25, -0.2) is 0 Å². The number of nitro benzene ring substituents is 1. The number of amides is 2. The fourth-order valence-corrected chi connectivity index (χ4v) is 4.06. The summed E-state index contributed by atoms with van der Waals surface area (Å²) in [4.78, 5) is 38.6. The number of carbonyl (C=O) groups is 2. The van der Waals surface area contributed by atoms with Crippen LogP contribution in [0.1, 0.15) is 47.1 Å². The Morgan fingerprint density at radius 2 is 1.43 bits per heavy atom. The predicted molar refractivity (Wildman–Crippen MR) is 144 cm³/mol. The first-order valence-corrected chi connectivity index (χ1v) is 12.1. The molecule has 1 aliphatic rings. The summed E-state index contributed by atoms with van der Waals surface area (Å²) in [5, 5.41) is 17.0. The molecule has 3 aromatic carbocycles. The number of anilines is 3. The Bertz CT molecular complexity index is 1290. The summed E-state index contributed by atoms with van der Waals surface area (Å²) in [5.74, 6) is -0.690. The van der Waals surface area contributed by atoms with Gasteiger partial charge in [0, 0.05) is 42.2 Å². The Morgan fingerprint density at radius 3 is 1.97 bits per heavy atom. The second-order valence-corrected chi connectivity index (χ2v) is 9.87. The number of nitrogens with one attached hydrogen (secondary N) is 2. The monoisotopic (exact) mass is 502 g/mol. The molecule has 0 spiro atoms. The Kier molecular flexibility index (Phi) is 7.54. The number of morpholine rings is 1. The molecule has 0 radical (unpaired) electrons. The minimum Gasteiger partial charge on any atom is -0.378 e. The molecule has 2 amide bonds. The molecule has 1 saturated heterocycles. The molecule has 9 heteroatoms. The standard InChI is InChI=1S/C28H30N4O5/c1-28(2,3)20-6-4-19(5-7-20)26(33)29-21-8-10-22(11-9-21)30-27(34)24-18-23(32(35)36)12-13-25(24)31-14-16-37-17-15-31/h4-13,18H,14-17H2,1-3H3,(H,29,33)(H,30,34). The van der Waals surface area contributed by atoms with E-state index < -0.39 is 10.8 Å². The van der Waals surface area contributed by atoms with Crippen molar-refractivity contribution in [2.45, 2.75) is 26.2 Å². The van der Waals surface area contributed by atoms with Crippen molar-refractivity contribution in [2.75, 3.05) is 41.8 Å². The van der Waals surface area contributed by atoms with Gasteiger partial charge < -0.3 is 20.3 Å². The van der Waals surface area contributed by atoms with Crippen LogP contribution in [-0.2, 0) is 10.2 Å². The number of rotatable bonds is 6. The van der Waals surface area contributed by atoms with Gasteiger partial charge in [-0.05, 0) is 53.4 Å². The first kappa shape index (κ1) is 25.8. The highest BCUT2D eigenvalue weighted by Crippen LogP contribution is 2.28. The lowest BCUT2D eigenvalue weighted by atomic mass is 9.87. The number of ether oxygens (including phenoxy) is 1. The molecule has 4 rings (SSSR count). The maximum absolute atomic E-state index is 13.1. The molecule has 0 atom stereocenters. The molecule has 0 bridgehead atoms. The molecule has 0 saturated carbocycles. The van der Waals surface area contributed by atoms with Crippen molar-refractivity contribution in [2.24, 2.45) is 0 Å². The summed E-state index contributed by atoms with van der Waals surface area (Å²) in [6.45, 7) is 8.56. The van der Waals surface area contributed by atoms with Crippen molar-refractivity contribution < 1.29 is 19.2 Å². The van der Waals surface area contributed by atoms with E-state index in [1.54, 1.807) is 42.5 Å². The maximum Gasteiger partial charge on any atom is 0.270 e. The Morgan fingerprint density at radius 1 is 0.865 bits per heavy atom. The van der Waals surface area contributed by atoms with E-state index in [1.807, 2.05) is 17.0 Å². The highest BCUT2D eigenvalue weighted by atomic mass is 16.6. The third-order valence-corrected chi connectivity index (χ3v) is 6.20. The van der Waals surface area contributed by atoms with Gasteiger partial charge in [0.15, 0.2) is 0 Å². The third kappa shape index (κ3) is 6.31. The Balaban J connectivity index is 1.46. The lowest BCUT2D eigenvalue weighted by molar-refractivity contribution is -0.384. The van der Waals surface area contributed by atoms with Crippen LogP contribution < -0.4 is 15.5 Å². The first-order valence-electron chi connectivity index (χ1n) is 12.1. The van der Waals surface area contributed by atoms with E-state index in [1.165, 1.54) is 12.1 Å². The van der Waals surface area contributed by atoms with Crippen molar-refractivity contribution in [1.82, 2.24) is 0 Å². The third-order valence-electron chi connectivity index (χ3n) is 6.20. The molecular weight excluding hydrogens is 472 g/mol. The Hall–Kier alpha value is -4.24. The fourth-order valence-electron chi connectivity index (χ4n) is 4.06. The summed E-state index contributed by atoms with van der Waals surface area (Å²) in [5.41, 5.74) is 3.44. The number of carbonyl (C=O) groups excluding carboxylic acids is 2. The van der Waals surface area contributed by atoms with E-state index in [0.29, 0.717) is 48.9 Å². The molecule has 0 unspecified atom stereocenters. The van der Waals surface area contributed by atoms with Crippen LogP contribution in [0.5, 0.6) is 0 Å². The van der Waals surface area contributed by atoms with Crippen LogP contribution in [0.25, 0.3) is 0 Å². The summed E-state index contributed by atoms with van der Waals surface area (Å²) in [7, 11) is 0. The predicted octanol–water partition coefficient (Wildman–Crippen LogP) is 5.23. The van der Waals surface area contributed by atoms with Crippen molar-refractivity contribution in [1.29, 1.82) is 0 Å². The van der Waals surface area contributed by atoms with Crippen LogP contribution in [0.15, 0.2) is 66.7 Å². The molecule has 3 aromatic rings. The van der Waals surface area contributed by atoms with Gasteiger partial charge in [-0.1, -0.05) is 32.9 Å². The number of nitro groups is 1. The van der Waals surface area contributed by atoms with Crippen LogP contribution in [0, 0.1) is 10.1 Å².